The first-order chi connectivity index (χ1) is 19.4. The molecule has 5 rings (SSSR count). The third-order valence-corrected chi connectivity index (χ3v) is 7.32. The van der Waals surface area contributed by atoms with E-state index in [1.54, 1.807) is 36.7 Å². The topological polar surface area (TPSA) is 99.7 Å². The minimum Gasteiger partial charge on any atom is -0.491 e. The number of anilines is 1. The number of pyridine rings is 2. The number of rotatable bonds is 6. The van der Waals surface area contributed by atoms with E-state index in [1.165, 1.54) is 37.6 Å². The first-order valence-corrected chi connectivity index (χ1v) is 13.2. The Hall–Kier alpha value is -3.90. The quantitative estimate of drug-likeness (QED) is 0.330. The van der Waals surface area contributed by atoms with Crippen molar-refractivity contribution in [3.8, 4) is 16.9 Å². The summed E-state index contributed by atoms with van der Waals surface area (Å²) >= 11 is 6.19. The normalized spacial score (nSPS) is 16.6. The number of carbonyl (C=O) groups excluding carboxylic acids is 1. The van der Waals surface area contributed by atoms with Crippen LogP contribution in [0.5, 0.6) is 5.75 Å². The zero-order chi connectivity index (χ0) is 29.5. The Labute approximate surface area is 237 Å². The second kappa shape index (κ2) is 11.2. The fourth-order valence-corrected chi connectivity index (χ4v) is 5.03. The molecule has 0 spiro atoms. The minimum absolute atomic E-state index is 0.0327. The van der Waals surface area contributed by atoms with Crippen LogP contribution in [0.3, 0.4) is 0 Å². The van der Waals surface area contributed by atoms with Crippen molar-refractivity contribution >= 4 is 28.8 Å². The summed E-state index contributed by atoms with van der Waals surface area (Å²) in [7, 11) is 1.48. The van der Waals surface area contributed by atoms with Gasteiger partial charge in [0.05, 0.1) is 18.2 Å². The minimum atomic E-state index is -4.51. The molecule has 0 saturated carbocycles. The number of nitrogens with zero attached hydrogens (tertiary/aromatic N) is 4. The van der Waals surface area contributed by atoms with Crippen molar-refractivity contribution in [2.45, 2.75) is 45.0 Å². The molecule has 9 nitrogen and oxygen atoms in total. The number of carbonyl (C=O) groups is 1. The van der Waals surface area contributed by atoms with Gasteiger partial charge in [0.15, 0.2) is 5.65 Å². The van der Waals surface area contributed by atoms with Gasteiger partial charge in [-0.2, -0.15) is 18.3 Å². The van der Waals surface area contributed by atoms with Gasteiger partial charge in [-0.1, -0.05) is 17.7 Å². The number of aryl methyl sites for hydroxylation is 1. The fourth-order valence-electron chi connectivity index (χ4n) is 4.85. The highest BCUT2D eigenvalue weighted by atomic mass is 35.5. The maximum atomic E-state index is 13.8. The lowest BCUT2D eigenvalue weighted by atomic mass is 9.91. The number of methoxy groups -OCH3 is 1. The standard InChI is InChI=1S/C28H27ClF3N5O4/c1-15(40-3)8-23(27(39)34-20-6-7-37-25(11-20)33-16(2)35-37)36-13-24-22(12-26(36)38)21-10-19(29)5-4-17(21)9-18(14-41-24)28(30,31)32/h4-7,10-13,15,18,23H,8-9,14H2,1-3H3,(H,34,39). The molecule has 3 aromatic heterocycles. The summed E-state index contributed by atoms with van der Waals surface area (Å²) in [5.74, 6) is -1.72. The molecule has 0 saturated heterocycles. The number of hydrogen-bond donors (Lipinski definition) is 1. The largest absolute Gasteiger partial charge is 0.491 e. The third-order valence-electron chi connectivity index (χ3n) is 7.08. The Morgan fingerprint density at radius 3 is 2.76 bits per heavy atom. The summed E-state index contributed by atoms with van der Waals surface area (Å²) in [5, 5.41) is 7.32. The number of aromatic nitrogens is 4. The molecule has 13 heteroatoms. The van der Waals surface area contributed by atoms with Crippen molar-refractivity contribution in [2.75, 3.05) is 19.0 Å². The lowest BCUT2D eigenvalue weighted by molar-refractivity contribution is -0.181. The third kappa shape index (κ3) is 6.08. The molecule has 0 bridgehead atoms. The van der Waals surface area contributed by atoms with Gasteiger partial charge in [0, 0.05) is 48.1 Å². The first kappa shape index (κ1) is 28.6. The summed E-state index contributed by atoms with van der Waals surface area (Å²) in [6.07, 6.45) is -2.24. The van der Waals surface area contributed by atoms with Crippen LogP contribution in [0.25, 0.3) is 16.8 Å². The Bertz CT molecular complexity index is 1670. The van der Waals surface area contributed by atoms with Gasteiger partial charge >= 0.3 is 6.18 Å². The fraction of sp³-hybridized carbons (Fsp3) is 0.357. The highest BCUT2D eigenvalue weighted by molar-refractivity contribution is 6.30. The van der Waals surface area contributed by atoms with E-state index in [2.05, 4.69) is 15.4 Å². The molecule has 0 radical (unpaired) electrons. The highest BCUT2D eigenvalue weighted by Gasteiger charge is 2.41. The molecule has 4 aromatic rings. The van der Waals surface area contributed by atoms with Gasteiger partial charge < -0.3 is 14.8 Å². The Morgan fingerprint density at radius 1 is 1.24 bits per heavy atom. The predicted molar refractivity (Wildman–Crippen MR) is 146 cm³/mol. The Balaban J connectivity index is 1.56. The van der Waals surface area contributed by atoms with E-state index in [0.29, 0.717) is 38.9 Å². The van der Waals surface area contributed by atoms with Gasteiger partial charge in [-0.05, 0) is 49.6 Å². The molecule has 216 valence electrons. The number of ether oxygens (including phenoxy) is 2. The SMILES string of the molecule is COC(C)CC(C(=O)Nc1ccn2nc(C)nc2c1)n1cc2c(cc1=O)-c1cc(Cl)ccc1CC(C(F)(F)F)CO2. The van der Waals surface area contributed by atoms with Crippen LogP contribution in [0.2, 0.25) is 5.02 Å². The molecule has 0 aliphatic carbocycles. The second-order valence-electron chi connectivity index (χ2n) is 10.0. The lowest BCUT2D eigenvalue weighted by Crippen LogP contribution is -2.36. The lowest BCUT2D eigenvalue weighted by Gasteiger charge is -2.28. The van der Waals surface area contributed by atoms with Gasteiger partial charge in [0.2, 0.25) is 5.91 Å². The molecule has 1 N–H and O–H groups in total. The van der Waals surface area contributed by atoms with Crippen LogP contribution in [-0.2, 0) is 16.0 Å². The molecule has 1 aliphatic heterocycles. The summed E-state index contributed by atoms with van der Waals surface area (Å²) < 4.78 is 55.3. The summed E-state index contributed by atoms with van der Waals surface area (Å²) in [5.41, 5.74) is 1.46. The number of halogens is 4. The van der Waals surface area contributed by atoms with E-state index >= 15 is 0 Å². The molecule has 41 heavy (non-hydrogen) atoms. The van der Waals surface area contributed by atoms with Crippen molar-refractivity contribution in [2.24, 2.45) is 5.92 Å². The highest BCUT2D eigenvalue weighted by Crippen LogP contribution is 2.40. The number of nitrogens with one attached hydrogen (secondary N) is 1. The number of alkyl halides is 3. The van der Waals surface area contributed by atoms with Crippen molar-refractivity contribution < 1.29 is 27.4 Å². The van der Waals surface area contributed by atoms with Crippen LogP contribution in [0.1, 0.15) is 30.8 Å². The zero-order valence-electron chi connectivity index (χ0n) is 22.4. The van der Waals surface area contributed by atoms with Crippen LogP contribution < -0.4 is 15.6 Å². The summed E-state index contributed by atoms with van der Waals surface area (Å²) in [6, 6.07) is 8.02. The monoisotopic (exact) mass is 589 g/mol. The maximum absolute atomic E-state index is 13.8. The van der Waals surface area contributed by atoms with Gasteiger partial charge in [-0.3, -0.25) is 14.2 Å². The average Bonchev–Trinajstić information content (AvgIpc) is 3.28. The van der Waals surface area contributed by atoms with Crippen LogP contribution in [-0.4, -0.2) is 51.1 Å². The van der Waals surface area contributed by atoms with Crippen LogP contribution in [0, 0.1) is 12.8 Å². The van der Waals surface area contributed by atoms with E-state index in [4.69, 9.17) is 21.1 Å². The van der Waals surface area contributed by atoms with Crippen LogP contribution in [0.15, 0.2) is 53.6 Å². The summed E-state index contributed by atoms with van der Waals surface area (Å²) in [6.45, 7) is 2.83. The molecule has 1 aliphatic rings. The summed E-state index contributed by atoms with van der Waals surface area (Å²) in [4.78, 5) is 31.4. The molecule has 1 amide bonds. The number of benzene rings is 1. The molecule has 4 heterocycles. The van der Waals surface area contributed by atoms with E-state index in [9.17, 15) is 22.8 Å². The number of fused-ring (bicyclic) bond motifs is 4. The van der Waals surface area contributed by atoms with Crippen molar-refractivity contribution in [1.82, 2.24) is 19.2 Å². The van der Waals surface area contributed by atoms with Crippen molar-refractivity contribution in [1.29, 1.82) is 0 Å². The zero-order valence-corrected chi connectivity index (χ0v) is 23.2. The first-order valence-electron chi connectivity index (χ1n) is 12.8. The predicted octanol–water partition coefficient (Wildman–Crippen LogP) is 5.24. The van der Waals surface area contributed by atoms with Gasteiger partial charge in [0.25, 0.3) is 5.56 Å². The molecule has 3 atom stereocenters. The van der Waals surface area contributed by atoms with E-state index in [-0.39, 0.29) is 18.6 Å². The van der Waals surface area contributed by atoms with E-state index in [1.807, 2.05) is 0 Å². The molecular formula is C28H27ClF3N5O4. The molecule has 0 fully saturated rings. The smallest absolute Gasteiger partial charge is 0.395 e. The molecule has 3 unspecified atom stereocenters. The van der Waals surface area contributed by atoms with E-state index in [0.717, 1.165) is 4.57 Å². The molecular weight excluding hydrogens is 563 g/mol. The van der Waals surface area contributed by atoms with Crippen molar-refractivity contribution in [3.63, 3.8) is 0 Å². The van der Waals surface area contributed by atoms with Gasteiger partial charge in [-0.25, -0.2) is 9.50 Å². The van der Waals surface area contributed by atoms with Crippen LogP contribution in [0.4, 0.5) is 18.9 Å². The van der Waals surface area contributed by atoms with Crippen molar-refractivity contribution in [3.05, 3.63) is 75.6 Å². The number of amides is 1. The van der Waals surface area contributed by atoms with Gasteiger partial charge in [0.1, 0.15) is 24.2 Å². The molecule has 1 aromatic carbocycles. The van der Waals surface area contributed by atoms with Gasteiger partial charge in [-0.15, -0.1) is 0 Å². The van der Waals surface area contributed by atoms with E-state index < -0.39 is 42.3 Å². The Morgan fingerprint density at radius 2 is 2.02 bits per heavy atom. The number of hydrogen-bond acceptors (Lipinski definition) is 6. The second-order valence-corrected chi connectivity index (χ2v) is 10.5. The maximum Gasteiger partial charge on any atom is 0.395 e. The van der Waals surface area contributed by atoms with Crippen LogP contribution >= 0.6 is 11.6 Å². The Kier molecular flexibility index (Phi) is 7.80. The average molecular weight is 590 g/mol.